The Balaban J connectivity index is 2.48. The lowest BCUT2D eigenvalue weighted by molar-refractivity contribution is -0.0281. The third-order valence-corrected chi connectivity index (χ3v) is 2.28. The van der Waals surface area contributed by atoms with Crippen LogP contribution in [-0.4, -0.2) is 24.8 Å². The number of ether oxygens (including phenoxy) is 2. The van der Waals surface area contributed by atoms with Gasteiger partial charge in [-0.2, -0.15) is 0 Å². The number of hydrogen-bond donors (Lipinski definition) is 1. The van der Waals surface area contributed by atoms with E-state index in [1.165, 1.54) is 0 Å². The third kappa shape index (κ3) is 4.75. The summed E-state index contributed by atoms with van der Waals surface area (Å²) in [5.74, 6) is -0.409. The topological polar surface area (TPSA) is 61.6 Å². The second-order valence-electron chi connectivity index (χ2n) is 5.19. The second-order valence-corrected chi connectivity index (χ2v) is 5.19. The van der Waals surface area contributed by atoms with Gasteiger partial charge in [-0.15, -0.1) is 0 Å². The molecule has 0 unspecified atom stereocenters. The minimum atomic E-state index is -0.409. The number of benzene rings is 1. The smallest absolute Gasteiger partial charge is 0.340 e. The van der Waals surface area contributed by atoms with Gasteiger partial charge in [0.1, 0.15) is 6.61 Å². The zero-order valence-electron chi connectivity index (χ0n) is 11.4. The summed E-state index contributed by atoms with van der Waals surface area (Å²) in [5, 5.41) is 0. The van der Waals surface area contributed by atoms with Gasteiger partial charge in [-0.05, 0) is 39.8 Å². The zero-order chi connectivity index (χ0) is 13.8. The van der Waals surface area contributed by atoms with E-state index >= 15 is 0 Å². The number of aryl methyl sites for hydroxylation is 1. The first-order valence-corrected chi connectivity index (χ1v) is 5.97. The maximum atomic E-state index is 11.8. The Labute approximate surface area is 108 Å². The van der Waals surface area contributed by atoms with Gasteiger partial charge in [0, 0.05) is 5.69 Å². The van der Waals surface area contributed by atoms with E-state index in [1.807, 2.05) is 33.8 Å². The first kappa shape index (κ1) is 14.5. The molecule has 0 saturated carbocycles. The first-order valence-electron chi connectivity index (χ1n) is 5.97. The summed E-state index contributed by atoms with van der Waals surface area (Å²) in [6.07, 6.45) is 0. The third-order valence-electron chi connectivity index (χ3n) is 2.28. The summed E-state index contributed by atoms with van der Waals surface area (Å²) in [6, 6.07) is 5.29. The van der Waals surface area contributed by atoms with Crippen LogP contribution < -0.4 is 5.73 Å². The molecule has 0 aliphatic heterocycles. The maximum Gasteiger partial charge on any atom is 0.340 e. The molecule has 1 rings (SSSR count). The Morgan fingerprint density at radius 3 is 2.56 bits per heavy atom. The van der Waals surface area contributed by atoms with Gasteiger partial charge in [-0.1, -0.05) is 11.6 Å². The van der Waals surface area contributed by atoms with Crippen molar-refractivity contribution in [1.82, 2.24) is 0 Å². The highest BCUT2D eigenvalue weighted by molar-refractivity contribution is 5.95. The number of nitrogens with two attached hydrogens (primary N) is 1. The molecule has 1 aromatic rings. The van der Waals surface area contributed by atoms with Crippen molar-refractivity contribution < 1.29 is 14.3 Å². The molecule has 0 spiro atoms. The van der Waals surface area contributed by atoms with Crippen LogP contribution in [0.15, 0.2) is 18.2 Å². The van der Waals surface area contributed by atoms with E-state index in [2.05, 4.69) is 0 Å². The Bertz CT molecular complexity index is 422. The van der Waals surface area contributed by atoms with Gasteiger partial charge in [0.15, 0.2) is 0 Å². The van der Waals surface area contributed by atoms with E-state index in [0.29, 0.717) is 17.9 Å². The molecule has 0 fully saturated rings. The van der Waals surface area contributed by atoms with Crippen molar-refractivity contribution >= 4 is 11.7 Å². The summed E-state index contributed by atoms with van der Waals surface area (Å²) in [4.78, 5) is 11.8. The van der Waals surface area contributed by atoms with Crippen LogP contribution in [0, 0.1) is 6.92 Å². The van der Waals surface area contributed by atoms with Crippen molar-refractivity contribution in [2.24, 2.45) is 0 Å². The number of anilines is 1. The molecule has 0 aliphatic rings. The number of hydrogen-bond acceptors (Lipinski definition) is 4. The lowest BCUT2D eigenvalue weighted by Gasteiger charge is -2.19. The Morgan fingerprint density at radius 1 is 1.28 bits per heavy atom. The predicted octanol–water partition coefficient (Wildman–Crippen LogP) is 2.55. The van der Waals surface area contributed by atoms with Crippen molar-refractivity contribution in [3.63, 3.8) is 0 Å². The Morgan fingerprint density at radius 2 is 1.94 bits per heavy atom. The Kier molecular flexibility index (Phi) is 4.73. The van der Waals surface area contributed by atoms with E-state index in [9.17, 15) is 4.79 Å². The van der Waals surface area contributed by atoms with Gasteiger partial charge >= 0.3 is 5.97 Å². The second kappa shape index (κ2) is 5.87. The van der Waals surface area contributed by atoms with Crippen molar-refractivity contribution in [1.29, 1.82) is 0 Å². The molecule has 4 nitrogen and oxygen atoms in total. The fraction of sp³-hybridized carbons (Fsp3) is 0.500. The molecule has 0 aliphatic carbocycles. The quantitative estimate of drug-likeness (QED) is 0.507. The van der Waals surface area contributed by atoms with Gasteiger partial charge < -0.3 is 15.2 Å². The summed E-state index contributed by atoms with van der Waals surface area (Å²) < 4.78 is 10.6. The van der Waals surface area contributed by atoms with Crippen LogP contribution in [0.25, 0.3) is 0 Å². The van der Waals surface area contributed by atoms with E-state index in [1.54, 1.807) is 12.1 Å². The number of esters is 1. The van der Waals surface area contributed by atoms with Gasteiger partial charge in [0.25, 0.3) is 0 Å². The van der Waals surface area contributed by atoms with E-state index in [-0.39, 0.29) is 12.2 Å². The molecule has 0 aromatic heterocycles. The average Bonchev–Trinajstić information content (AvgIpc) is 2.26. The lowest BCUT2D eigenvalue weighted by atomic mass is 10.1. The fourth-order valence-corrected chi connectivity index (χ4v) is 1.41. The number of carbonyl (C=O) groups excluding carboxylic acids is 1. The minimum Gasteiger partial charge on any atom is -0.460 e. The maximum absolute atomic E-state index is 11.8. The molecular weight excluding hydrogens is 230 g/mol. The normalized spacial score (nSPS) is 11.3. The molecular formula is C14H21NO3. The van der Waals surface area contributed by atoms with Gasteiger partial charge in [-0.25, -0.2) is 4.79 Å². The van der Waals surface area contributed by atoms with Crippen LogP contribution in [0.2, 0.25) is 0 Å². The highest BCUT2D eigenvalue weighted by Crippen LogP contribution is 2.15. The van der Waals surface area contributed by atoms with E-state index in [0.717, 1.165) is 5.56 Å². The highest BCUT2D eigenvalue weighted by atomic mass is 16.6. The largest absolute Gasteiger partial charge is 0.460 e. The molecule has 0 saturated heterocycles. The first-order chi connectivity index (χ1) is 8.29. The zero-order valence-corrected chi connectivity index (χ0v) is 11.4. The molecule has 2 N–H and O–H groups in total. The highest BCUT2D eigenvalue weighted by Gasteiger charge is 2.13. The summed E-state index contributed by atoms with van der Waals surface area (Å²) in [7, 11) is 0. The summed E-state index contributed by atoms with van der Waals surface area (Å²) in [5.41, 5.74) is 7.32. The monoisotopic (exact) mass is 251 g/mol. The molecule has 4 heteroatoms. The van der Waals surface area contributed by atoms with Crippen molar-refractivity contribution in [3.8, 4) is 0 Å². The molecule has 0 bridgehead atoms. The fourth-order valence-electron chi connectivity index (χ4n) is 1.41. The Hall–Kier alpha value is -1.55. The predicted molar refractivity (Wildman–Crippen MR) is 71.6 cm³/mol. The summed E-state index contributed by atoms with van der Waals surface area (Å²) in [6.45, 7) is 8.36. The van der Waals surface area contributed by atoms with Crippen LogP contribution in [0.1, 0.15) is 36.7 Å². The molecule has 18 heavy (non-hydrogen) atoms. The average molecular weight is 251 g/mol. The van der Waals surface area contributed by atoms with Crippen LogP contribution in [-0.2, 0) is 9.47 Å². The molecule has 100 valence electrons. The molecule has 0 radical (unpaired) electrons. The molecule has 1 aromatic carbocycles. The lowest BCUT2D eigenvalue weighted by Crippen LogP contribution is -2.22. The van der Waals surface area contributed by atoms with Crippen molar-refractivity contribution in [3.05, 3.63) is 29.3 Å². The van der Waals surface area contributed by atoms with Crippen LogP contribution in [0.3, 0.4) is 0 Å². The van der Waals surface area contributed by atoms with Crippen molar-refractivity contribution in [2.75, 3.05) is 18.9 Å². The number of carbonyl (C=O) groups is 1. The van der Waals surface area contributed by atoms with E-state index < -0.39 is 5.97 Å². The van der Waals surface area contributed by atoms with Crippen LogP contribution >= 0.6 is 0 Å². The SMILES string of the molecule is Cc1ccc(N)c(C(=O)OCCOC(C)(C)C)c1. The molecule has 0 heterocycles. The number of rotatable bonds is 4. The molecule has 0 atom stereocenters. The van der Waals surface area contributed by atoms with Crippen LogP contribution in [0.4, 0.5) is 5.69 Å². The minimum absolute atomic E-state index is 0.226. The molecule has 0 amide bonds. The standard InChI is InChI=1S/C14H21NO3/c1-10-5-6-12(15)11(9-10)13(16)17-7-8-18-14(2,3)4/h5-6,9H,7-8,15H2,1-4H3. The van der Waals surface area contributed by atoms with Crippen molar-refractivity contribution in [2.45, 2.75) is 33.3 Å². The van der Waals surface area contributed by atoms with Gasteiger partial charge in [0.2, 0.25) is 0 Å². The van der Waals surface area contributed by atoms with E-state index in [4.69, 9.17) is 15.2 Å². The number of nitrogen functional groups attached to an aromatic ring is 1. The van der Waals surface area contributed by atoms with Gasteiger partial charge in [0.05, 0.1) is 17.8 Å². The van der Waals surface area contributed by atoms with Gasteiger partial charge in [-0.3, -0.25) is 0 Å². The van der Waals surface area contributed by atoms with Crippen LogP contribution in [0.5, 0.6) is 0 Å². The summed E-state index contributed by atoms with van der Waals surface area (Å²) >= 11 is 0.